The molecule has 1 rings (SSSR count). The normalized spacial score (nSPS) is 35.5. The first-order valence-electron chi connectivity index (χ1n) is 5.32. The lowest BCUT2D eigenvalue weighted by atomic mass is 10.2. The molecule has 7 N–H and O–H groups in total. The Kier molecular flexibility index (Phi) is 6.10. The molecule has 5 unspecified atom stereocenters. The van der Waals surface area contributed by atoms with E-state index in [2.05, 4.69) is 0 Å². The highest BCUT2D eigenvalue weighted by Gasteiger charge is 2.41. The first-order chi connectivity index (χ1) is 7.93. The first-order valence-corrected chi connectivity index (χ1v) is 6.48. The molecule has 0 aliphatic carbocycles. The van der Waals surface area contributed by atoms with Crippen LogP contribution in [0.5, 0.6) is 0 Å². The van der Waals surface area contributed by atoms with Crippen molar-refractivity contribution in [2.45, 2.75) is 43.4 Å². The fourth-order valence-corrected chi connectivity index (χ4v) is 2.55. The molecular formula is C9H19NO6S. The Labute approximate surface area is 103 Å². The minimum atomic E-state index is -1.53. The Morgan fingerprint density at radius 3 is 2.29 bits per heavy atom. The highest BCUT2D eigenvalue weighted by atomic mass is 32.2. The average molecular weight is 269 g/mol. The monoisotopic (exact) mass is 269 g/mol. The largest absolute Gasteiger partial charge is 0.387 e. The maximum atomic E-state index is 9.47. The molecule has 1 heterocycles. The van der Waals surface area contributed by atoms with Crippen LogP contribution in [0.4, 0.5) is 0 Å². The lowest BCUT2D eigenvalue weighted by Crippen LogP contribution is -2.35. The SMILES string of the molecule is NC(CCSCC1OC(O)C(O)C1O)C(O)O. The van der Waals surface area contributed by atoms with Crippen LogP contribution in [0.3, 0.4) is 0 Å². The van der Waals surface area contributed by atoms with Gasteiger partial charge in [-0.15, -0.1) is 0 Å². The minimum Gasteiger partial charge on any atom is -0.387 e. The van der Waals surface area contributed by atoms with Crippen LogP contribution < -0.4 is 5.73 Å². The van der Waals surface area contributed by atoms with E-state index in [0.717, 1.165) is 0 Å². The third kappa shape index (κ3) is 4.34. The summed E-state index contributed by atoms with van der Waals surface area (Å²) in [5, 5.41) is 45.3. The quantitative estimate of drug-likeness (QED) is 0.224. The summed E-state index contributed by atoms with van der Waals surface area (Å²) in [7, 11) is 0. The van der Waals surface area contributed by atoms with Gasteiger partial charge in [0.2, 0.25) is 0 Å². The predicted molar refractivity (Wildman–Crippen MR) is 61.0 cm³/mol. The van der Waals surface area contributed by atoms with E-state index in [4.69, 9.17) is 25.8 Å². The fraction of sp³-hybridized carbons (Fsp3) is 1.00. The second kappa shape index (κ2) is 6.86. The molecule has 1 aliphatic rings. The third-order valence-corrected chi connectivity index (χ3v) is 3.69. The number of ether oxygens (including phenoxy) is 1. The smallest absolute Gasteiger partial charge is 0.183 e. The van der Waals surface area contributed by atoms with Crippen molar-refractivity contribution in [3.05, 3.63) is 0 Å². The maximum Gasteiger partial charge on any atom is 0.183 e. The molecule has 1 saturated heterocycles. The lowest BCUT2D eigenvalue weighted by molar-refractivity contribution is -0.123. The highest BCUT2D eigenvalue weighted by Crippen LogP contribution is 2.23. The van der Waals surface area contributed by atoms with Crippen LogP contribution in [-0.4, -0.2) is 74.0 Å². The van der Waals surface area contributed by atoms with Crippen LogP contribution in [0, 0.1) is 0 Å². The summed E-state index contributed by atoms with van der Waals surface area (Å²) >= 11 is 1.39. The molecule has 0 spiro atoms. The van der Waals surface area contributed by atoms with Crippen molar-refractivity contribution in [1.29, 1.82) is 0 Å². The topological polar surface area (TPSA) is 136 Å². The number of hydrogen-bond donors (Lipinski definition) is 6. The zero-order chi connectivity index (χ0) is 13.0. The summed E-state index contributed by atoms with van der Waals surface area (Å²) in [4.78, 5) is 0. The Bertz CT molecular complexity index is 232. The van der Waals surface area contributed by atoms with Gasteiger partial charge in [-0.3, -0.25) is 0 Å². The molecule has 1 fully saturated rings. The van der Waals surface area contributed by atoms with Crippen LogP contribution in [0.25, 0.3) is 0 Å². The molecule has 5 atom stereocenters. The van der Waals surface area contributed by atoms with E-state index in [0.29, 0.717) is 17.9 Å². The second-order valence-electron chi connectivity index (χ2n) is 3.99. The van der Waals surface area contributed by atoms with Crippen molar-refractivity contribution in [1.82, 2.24) is 0 Å². The Balaban J connectivity index is 2.15. The van der Waals surface area contributed by atoms with Gasteiger partial charge >= 0.3 is 0 Å². The predicted octanol–water partition coefficient (Wildman–Crippen LogP) is -2.81. The highest BCUT2D eigenvalue weighted by molar-refractivity contribution is 7.99. The van der Waals surface area contributed by atoms with Crippen LogP contribution in [0.2, 0.25) is 0 Å². The van der Waals surface area contributed by atoms with Crippen molar-refractivity contribution in [3.63, 3.8) is 0 Å². The molecule has 1 aliphatic heterocycles. The molecule has 7 nitrogen and oxygen atoms in total. The summed E-state index contributed by atoms with van der Waals surface area (Å²) in [5.74, 6) is 0.959. The van der Waals surface area contributed by atoms with Crippen LogP contribution in [-0.2, 0) is 4.74 Å². The van der Waals surface area contributed by atoms with Gasteiger partial charge in [0.1, 0.15) is 12.2 Å². The van der Waals surface area contributed by atoms with Crippen molar-refractivity contribution in [3.8, 4) is 0 Å². The first kappa shape index (κ1) is 15.1. The van der Waals surface area contributed by atoms with E-state index >= 15 is 0 Å². The van der Waals surface area contributed by atoms with E-state index in [1.54, 1.807) is 0 Å². The van der Waals surface area contributed by atoms with E-state index in [-0.39, 0.29) is 0 Å². The fourth-order valence-electron chi connectivity index (χ4n) is 1.43. The lowest BCUT2D eigenvalue weighted by Gasteiger charge is -2.15. The molecule has 0 amide bonds. The third-order valence-electron chi connectivity index (χ3n) is 2.60. The van der Waals surface area contributed by atoms with E-state index in [1.807, 2.05) is 0 Å². The number of aliphatic hydroxyl groups is 5. The van der Waals surface area contributed by atoms with E-state index in [1.165, 1.54) is 11.8 Å². The van der Waals surface area contributed by atoms with Crippen LogP contribution in [0.1, 0.15) is 6.42 Å². The van der Waals surface area contributed by atoms with Gasteiger partial charge in [0.05, 0.1) is 12.1 Å². The molecule has 0 aromatic heterocycles. The van der Waals surface area contributed by atoms with Gasteiger partial charge in [0.25, 0.3) is 0 Å². The standard InChI is InChI=1S/C9H19NO6S/c10-4(8(13)14)1-2-17-3-5-6(11)7(12)9(15)16-5/h4-9,11-15H,1-3,10H2. The number of nitrogens with two attached hydrogens (primary N) is 1. The molecule has 0 bridgehead atoms. The summed E-state index contributed by atoms with van der Waals surface area (Å²) in [6.07, 6.45) is -5.47. The van der Waals surface area contributed by atoms with Gasteiger partial charge in [-0.2, -0.15) is 11.8 Å². The summed E-state index contributed by atoms with van der Waals surface area (Å²) in [6.45, 7) is 0. The van der Waals surface area contributed by atoms with Crippen LogP contribution >= 0.6 is 11.8 Å². The van der Waals surface area contributed by atoms with Gasteiger partial charge in [-0.25, -0.2) is 0 Å². The summed E-state index contributed by atoms with van der Waals surface area (Å²) < 4.78 is 4.95. The maximum absolute atomic E-state index is 9.47. The molecule has 17 heavy (non-hydrogen) atoms. The number of aliphatic hydroxyl groups excluding tert-OH is 4. The number of thioether (sulfide) groups is 1. The summed E-state index contributed by atoms with van der Waals surface area (Å²) in [5.41, 5.74) is 5.41. The Hall–Kier alpha value is 0.0700. The molecule has 0 aromatic carbocycles. The second-order valence-corrected chi connectivity index (χ2v) is 5.14. The average Bonchev–Trinajstić information content (AvgIpc) is 2.52. The molecule has 102 valence electrons. The van der Waals surface area contributed by atoms with Crippen molar-refractivity contribution >= 4 is 11.8 Å². The van der Waals surface area contributed by atoms with E-state index < -0.39 is 36.9 Å². The molecule has 0 saturated carbocycles. The van der Waals surface area contributed by atoms with Gasteiger partial charge in [-0.05, 0) is 12.2 Å². The minimum absolute atomic E-state index is 0.392. The Morgan fingerprint density at radius 2 is 1.82 bits per heavy atom. The van der Waals surface area contributed by atoms with Crippen molar-refractivity contribution < 1.29 is 30.3 Å². The molecule has 0 aromatic rings. The van der Waals surface area contributed by atoms with Gasteiger partial charge in [0, 0.05) is 5.75 Å². The Morgan fingerprint density at radius 1 is 1.18 bits per heavy atom. The molecule has 0 radical (unpaired) electrons. The van der Waals surface area contributed by atoms with Gasteiger partial charge in [0.15, 0.2) is 12.6 Å². The van der Waals surface area contributed by atoms with E-state index in [9.17, 15) is 10.2 Å². The zero-order valence-corrected chi connectivity index (χ0v) is 10.0. The van der Waals surface area contributed by atoms with Gasteiger partial charge in [-0.1, -0.05) is 0 Å². The van der Waals surface area contributed by atoms with Gasteiger partial charge < -0.3 is 36.0 Å². The molecule has 8 heteroatoms. The summed E-state index contributed by atoms with van der Waals surface area (Å²) in [6, 6.07) is -0.701. The van der Waals surface area contributed by atoms with Crippen molar-refractivity contribution in [2.75, 3.05) is 11.5 Å². The number of rotatable bonds is 6. The zero-order valence-electron chi connectivity index (χ0n) is 9.22. The van der Waals surface area contributed by atoms with Crippen LogP contribution in [0.15, 0.2) is 0 Å². The van der Waals surface area contributed by atoms with Crippen molar-refractivity contribution in [2.24, 2.45) is 5.73 Å². The molecular weight excluding hydrogens is 250 g/mol. The number of hydrogen-bond acceptors (Lipinski definition) is 8.